The number of nitrogens with one attached hydrogen (secondary N) is 1. The van der Waals surface area contributed by atoms with E-state index in [1.807, 2.05) is 31.2 Å². The van der Waals surface area contributed by atoms with Crippen molar-refractivity contribution < 1.29 is 14.3 Å². The molecule has 1 aliphatic rings. The van der Waals surface area contributed by atoms with Crippen LogP contribution >= 0.6 is 11.5 Å². The number of ether oxygens (including phenoxy) is 2. The van der Waals surface area contributed by atoms with Gasteiger partial charge in [-0.25, -0.2) is 0 Å². The highest BCUT2D eigenvalue weighted by Gasteiger charge is 2.22. The molecule has 0 bridgehead atoms. The molecule has 1 aromatic carbocycles. The van der Waals surface area contributed by atoms with Crippen LogP contribution in [0.15, 0.2) is 24.3 Å². The van der Waals surface area contributed by atoms with Crippen molar-refractivity contribution >= 4 is 17.4 Å². The molecule has 3 rings (SSSR count). The average molecular weight is 305 g/mol. The monoisotopic (exact) mass is 305 g/mol. The summed E-state index contributed by atoms with van der Waals surface area (Å²) in [6, 6.07) is 7.50. The lowest BCUT2D eigenvalue weighted by molar-refractivity contribution is 0.0791. The minimum absolute atomic E-state index is 0.163. The van der Waals surface area contributed by atoms with Crippen LogP contribution in [0.5, 0.6) is 11.5 Å². The van der Waals surface area contributed by atoms with E-state index < -0.39 is 0 Å². The Kier molecular flexibility index (Phi) is 4.01. The zero-order chi connectivity index (χ0) is 14.7. The van der Waals surface area contributed by atoms with Gasteiger partial charge in [0.25, 0.3) is 5.91 Å². The van der Waals surface area contributed by atoms with Crippen molar-refractivity contribution in [3.05, 3.63) is 34.8 Å². The Bertz CT molecular complexity index is 644. The first-order valence-corrected chi connectivity index (χ1v) is 7.53. The minimum atomic E-state index is -0.199. The molecular weight excluding hydrogens is 290 g/mol. The molecule has 2 aromatic rings. The Morgan fingerprint density at radius 2 is 2.24 bits per heavy atom. The molecule has 1 aliphatic heterocycles. The molecule has 0 radical (unpaired) electrons. The van der Waals surface area contributed by atoms with Gasteiger partial charge in [-0.05, 0) is 30.1 Å². The standard InChI is InChI=1S/C14H15N3O3S/c1-2-10-13(21-17-16-10)14(18)15-7-9-8-19-11-5-3-4-6-12(11)20-9/h3-6,9H,2,7-8H2,1H3,(H,15,18). The SMILES string of the molecule is CCc1nnsc1C(=O)NCC1COc2ccccc2O1. The number of carbonyl (C=O) groups excluding carboxylic acids is 1. The van der Waals surface area contributed by atoms with Crippen LogP contribution in [0.4, 0.5) is 0 Å². The van der Waals surface area contributed by atoms with Crippen LogP contribution in [0.1, 0.15) is 22.3 Å². The normalized spacial score (nSPS) is 16.5. The Morgan fingerprint density at radius 3 is 3.05 bits per heavy atom. The van der Waals surface area contributed by atoms with Gasteiger partial charge < -0.3 is 14.8 Å². The van der Waals surface area contributed by atoms with Crippen LogP contribution in [-0.4, -0.2) is 34.7 Å². The summed E-state index contributed by atoms with van der Waals surface area (Å²) in [7, 11) is 0. The molecule has 6 nitrogen and oxygen atoms in total. The fraction of sp³-hybridized carbons (Fsp3) is 0.357. The van der Waals surface area contributed by atoms with Crippen LogP contribution in [0.2, 0.25) is 0 Å². The summed E-state index contributed by atoms with van der Waals surface area (Å²) in [6.45, 7) is 2.75. The maximum Gasteiger partial charge on any atom is 0.265 e. The predicted octanol–water partition coefficient (Wildman–Crippen LogP) is 1.67. The zero-order valence-corrected chi connectivity index (χ0v) is 12.4. The van der Waals surface area contributed by atoms with Crippen molar-refractivity contribution in [2.45, 2.75) is 19.4 Å². The second-order valence-electron chi connectivity index (χ2n) is 4.61. The number of hydrogen-bond acceptors (Lipinski definition) is 6. The highest BCUT2D eigenvalue weighted by molar-refractivity contribution is 7.08. The molecule has 0 spiro atoms. The van der Waals surface area contributed by atoms with E-state index >= 15 is 0 Å². The van der Waals surface area contributed by atoms with Gasteiger partial charge in [0.05, 0.1) is 12.2 Å². The fourth-order valence-electron chi connectivity index (χ4n) is 2.06. The molecule has 0 saturated carbocycles. The van der Waals surface area contributed by atoms with Crippen molar-refractivity contribution in [1.82, 2.24) is 14.9 Å². The van der Waals surface area contributed by atoms with Gasteiger partial charge in [-0.15, -0.1) is 5.10 Å². The molecule has 2 heterocycles. The van der Waals surface area contributed by atoms with Crippen LogP contribution < -0.4 is 14.8 Å². The lowest BCUT2D eigenvalue weighted by Crippen LogP contribution is -2.40. The van der Waals surface area contributed by atoms with E-state index in [9.17, 15) is 4.79 Å². The van der Waals surface area contributed by atoms with Gasteiger partial charge >= 0.3 is 0 Å². The van der Waals surface area contributed by atoms with E-state index in [0.29, 0.717) is 30.2 Å². The highest BCUT2D eigenvalue weighted by Crippen LogP contribution is 2.30. The first kappa shape index (κ1) is 13.8. The lowest BCUT2D eigenvalue weighted by Gasteiger charge is -2.26. The van der Waals surface area contributed by atoms with Crippen LogP contribution in [-0.2, 0) is 6.42 Å². The molecule has 0 fully saturated rings. The second kappa shape index (κ2) is 6.09. The summed E-state index contributed by atoms with van der Waals surface area (Å²) in [5, 5.41) is 6.78. The number of amides is 1. The van der Waals surface area contributed by atoms with Crippen LogP contribution in [0.3, 0.4) is 0 Å². The summed E-state index contributed by atoms with van der Waals surface area (Å²) < 4.78 is 15.2. The van der Waals surface area contributed by atoms with E-state index in [2.05, 4.69) is 14.9 Å². The quantitative estimate of drug-likeness (QED) is 0.930. The number of aryl methyl sites for hydroxylation is 1. The summed E-state index contributed by atoms with van der Waals surface area (Å²) in [5.74, 6) is 1.28. The molecule has 0 saturated heterocycles. The maximum atomic E-state index is 12.1. The second-order valence-corrected chi connectivity index (χ2v) is 5.36. The topological polar surface area (TPSA) is 73.3 Å². The largest absolute Gasteiger partial charge is 0.486 e. The van der Waals surface area contributed by atoms with E-state index in [1.54, 1.807) is 0 Å². The van der Waals surface area contributed by atoms with Crippen LogP contribution in [0, 0.1) is 0 Å². The van der Waals surface area contributed by atoms with Gasteiger partial charge in [-0.1, -0.05) is 23.5 Å². The number of aromatic nitrogens is 2. The van der Waals surface area contributed by atoms with Crippen molar-refractivity contribution in [2.75, 3.05) is 13.2 Å². The summed E-state index contributed by atoms with van der Waals surface area (Å²) in [5.41, 5.74) is 0.726. The molecule has 1 aromatic heterocycles. The van der Waals surface area contributed by atoms with E-state index in [0.717, 1.165) is 23.0 Å². The molecule has 1 atom stereocenters. The average Bonchev–Trinajstić information content (AvgIpc) is 3.01. The fourth-order valence-corrected chi connectivity index (χ4v) is 2.73. The molecule has 0 aliphatic carbocycles. The summed E-state index contributed by atoms with van der Waals surface area (Å²) in [4.78, 5) is 12.7. The zero-order valence-electron chi connectivity index (χ0n) is 11.5. The number of nitrogens with zero attached hydrogens (tertiary/aromatic N) is 2. The number of rotatable bonds is 4. The number of fused-ring (bicyclic) bond motifs is 1. The lowest BCUT2D eigenvalue weighted by atomic mass is 10.2. The van der Waals surface area contributed by atoms with Gasteiger partial charge in [0.1, 0.15) is 17.6 Å². The Balaban J connectivity index is 1.58. The van der Waals surface area contributed by atoms with Crippen molar-refractivity contribution in [1.29, 1.82) is 0 Å². The third kappa shape index (κ3) is 2.97. The van der Waals surface area contributed by atoms with Crippen molar-refractivity contribution in [3.63, 3.8) is 0 Å². The molecule has 7 heteroatoms. The first-order chi connectivity index (χ1) is 10.3. The Hall–Kier alpha value is -2.15. The Labute approximate surface area is 126 Å². The molecule has 110 valence electrons. The predicted molar refractivity (Wildman–Crippen MR) is 78.0 cm³/mol. The molecule has 1 unspecified atom stereocenters. The molecular formula is C14H15N3O3S. The third-order valence-electron chi connectivity index (χ3n) is 3.15. The van der Waals surface area contributed by atoms with E-state index in [-0.39, 0.29) is 12.0 Å². The van der Waals surface area contributed by atoms with Crippen LogP contribution in [0.25, 0.3) is 0 Å². The van der Waals surface area contributed by atoms with E-state index in [4.69, 9.17) is 9.47 Å². The highest BCUT2D eigenvalue weighted by atomic mass is 32.1. The first-order valence-electron chi connectivity index (χ1n) is 6.76. The molecule has 1 N–H and O–H groups in total. The Morgan fingerprint density at radius 1 is 1.43 bits per heavy atom. The van der Waals surface area contributed by atoms with Gasteiger partial charge in [0, 0.05) is 0 Å². The molecule has 1 amide bonds. The van der Waals surface area contributed by atoms with E-state index in [1.165, 1.54) is 0 Å². The number of para-hydroxylation sites is 2. The number of benzene rings is 1. The molecule has 21 heavy (non-hydrogen) atoms. The minimum Gasteiger partial charge on any atom is -0.486 e. The number of carbonyl (C=O) groups is 1. The summed E-state index contributed by atoms with van der Waals surface area (Å²) >= 11 is 1.11. The van der Waals surface area contributed by atoms with Gasteiger partial charge in [0.2, 0.25) is 0 Å². The van der Waals surface area contributed by atoms with Gasteiger partial charge in [-0.3, -0.25) is 4.79 Å². The van der Waals surface area contributed by atoms with Gasteiger partial charge in [-0.2, -0.15) is 0 Å². The third-order valence-corrected chi connectivity index (χ3v) is 3.92. The smallest absolute Gasteiger partial charge is 0.265 e. The summed E-state index contributed by atoms with van der Waals surface area (Å²) in [6.07, 6.45) is 0.491. The van der Waals surface area contributed by atoms with Crippen molar-refractivity contribution in [3.8, 4) is 11.5 Å². The van der Waals surface area contributed by atoms with Crippen molar-refractivity contribution in [2.24, 2.45) is 0 Å². The van der Waals surface area contributed by atoms with Gasteiger partial charge in [0.15, 0.2) is 11.5 Å². The maximum absolute atomic E-state index is 12.1. The number of hydrogen-bond donors (Lipinski definition) is 1.